The molecular formula is C13H25NO2S. The smallest absolute Gasteiger partial charge is 0.0691 e. The Labute approximate surface area is 107 Å². The first-order chi connectivity index (χ1) is 8.20. The number of ether oxygens (including phenoxy) is 1. The molecule has 1 aliphatic heterocycles. The van der Waals surface area contributed by atoms with E-state index in [-0.39, 0.29) is 6.10 Å². The van der Waals surface area contributed by atoms with E-state index in [1.807, 2.05) is 0 Å². The normalized spacial score (nSPS) is 40.4. The molecule has 1 saturated carbocycles. The van der Waals surface area contributed by atoms with E-state index in [0.717, 1.165) is 38.0 Å². The number of rotatable bonds is 4. The summed E-state index contributed by atoms with van der Waals surface area (Å²) in [4.78, 5) is 0. The molecule has 0 aromatic heterocycles. The average Bonchev–Trinajstić information content (AvgIpc) is 2.81. The monoisotopic (exact) mass is 259 g/mol. The third kappa shape index (κ3) is 3.52. The predicted molar refractivity (Wildman–Crippen MR) is 71.3 cm³/mol. The standard InChI is InChI=1S/C13H25NO2S/c1-10-4-5-11(8-14)13(7-10)17(15)9-12-3-2-6-16-12/h10-13H,2-9,14H2,1H3. The molecule has 3 nitrogen and oxygen atoms in total. The molecule has 2 rings (SSSR count). The summed E-state index contributed by atoms with van der Waals surface area (Å²) in [5.74, 6) is 1.90. The number of hydrogen-bond donors (Lipinski definition) is 1. The second-order valence-corrected chi connectivity index (χ2v) is 7.34. The van der Waals surface area contributed by atoms with Gasteiger partial charge in [-0.3, -0.25) is 4.21 Å². The Kier molecular flexibility index (Phi) is 5.00. The zero-order valence-corrected chi connectivity index (χ0v) is 11.6. The Morgan fingerprint density at radius 1 is 1.35 bits per heavy atom. The highest BCUT2D eigenvalue weighted by atomic mass is 32.2. The van der Waals surface area contributed by atoms with Gasteiger partial charge in [0, 0.05) is 22.7 Å². The molecule has 0 aromatic carbocycles. The molecule has 5 atom stereocenters. The largest absolute Gasteiger partial charge is 0.377 e. The second-order valence-electron chi connectivity index (χ2n) is 5.63. The SMILES string of the molecule is CC1CCC(CN)C(S(=O)CC2CCCO2)C1. The Bertz CT molecular complexity index is 266. The third-order valence-electron chi connectivity index (χ3n) is 4.21. The van der Waals surface area contributed by atoms with Crippen LogP contribution in [0.5, 0.6) is 0 Å². The van der Waals surface area contributed by atoms with Crippen molar-refractivity contribution in [3.05, 3.63) is 0 Å². The maximum absolute atomic E-state index is 12.4. The van der Waals surface area contributed by atoms with E-state index in [4.69, 9.17) is 10.5 Å². The molecule has 100 valence electrons. The first-order valence-corrected chi connectivity index (χ1v) is 8.27. The summed E-state index contributed by atoms with van der Waals surface area (Å²) in [5, 5.41) is 0.313. The van der Waals surface area contributed by atoms with Crippen LogP contribution in [0.2, 0.25) is 0 Å². The van der Waals surface area contributed by atoms with Crippen molar-refractivity contribution in [3.63, 3.8) is 0 Å². The van der Waals surface area contributed by atoms with E-state index in [9.17, 15) is 4.21 Å². The van der Waals surface area contributed by atoms with Crippen LogP contribution < -0.4 is 5.73 Å². The van der Waals surface area contributed by atoms with Crippen LogP contribution in [0.3, 0.4) is 0 Å². The summed E-state index contributed by atoms with van der Waals surface area (Å²) in [6.07, 6.45) is 5.94. The summed E-state index contributed by atoms with van der Waals surface area (Å²) in [6.45, 7) is 3.81. The molecule has 5 unspecified atom stereocenters. The van der Waals surface area contributed by atoms with Gasteiger partial charge in [0.2, 0.25) is 0 Å². The molecule has 1 saturated heterocycles. The molecule has 2 aliphatic rings. The first-order valence-electron chi connectivity index (χ1n) is 6.89. The van der Waals surface area contributed by atoms with Gasteiger partial charge >= 0.3 is 0 Å². The van der Waals surface area contributed by atoms with Crippen LogP contribution in [-0.4, -0.2) is 34.5 Å². The summed E-state index contributed by atoms with van der Waals surface area (Å²) in [5.41, 5.74) is 5.82. The van der Waals surface area contributed by atoms with E-state index in [1.165, 1.54) is 6.42 Å². The highest BCUT2D eigenvalue weighted by Crippen LogP contribution is 2.32. The third-order valence-corrected chi connectivity index (χ3v) is 6.16. The minimum Gasteiger partial charge on any atom is -0.377 e. The van der Waals surface area contributed by atoms with Crippen LogP contribution in [0.15, 0.2) is 0 Å². The zero-order chi connectivity index (χ0) is 12.3. The van der Waals surface area contributed by atoms with Crippen LogP contribution in [0.25, 0.3) is 0 Å². The van der Waals surface area contributed by atoms with Crippen molar-refractivity contribution in [1.82, 2.24) is 0 Å². The summed E-state index contributed by atoms with van der Waals surface area (Å²) < 4.78 is 18.0. The molecule has 2 fully saturated rings. The van der Waals surface area contributed by atoms with Crippen molar-refractivity contribution < 1.29 is 8.95 Å². The second kappa shape index (κ2) is 6.30. The summed E-state index contributed by atoms with van der Waals surface area (Å²) >= 11 is 0. The molecular weight excluding hydrogens is 234 g/mol. The molecule has 1 heterocycles. The molecule has 0 bridgehead atoms. The van der Waals surface area contributed by atoms with Gasteiger partial charge in [-0.1, -0.05) is 13.3 Å². The van der Waals surface area contributed by atoms with Crippen molar-refractivity contribution in [2.75, 3.05) is 18.9 Å². The molecule has 0 aromatic rings. The highest BCUT2D eigenvalue weighted by molar-refractivity contribution is 7.85. The van der Waals surface area contributed by atoms with Gasteiger partial charge in [-0.05, 0) is 44.1 Å². The van der Waals surface area contributed by atoms with Crippen LogP contribution >= 0.6 is 0 Å². The summed E-state index contributed by atoms with van der Waals surface area (Å²) in [7, 11) is -0.752. The fourth-order valence-electron chi connectivity index (χ4n) is 3.07. The van der Waals surface area contributed by atoms with Gasteiger partial charge in [0.1, 0.15) is 0 Å². The van der Waals surface area contributed by atoms with Crippen molar-refractivity contribution in [3.8, 4) is 0 Å². The lowest BCUT2D eigenvalue weighted by atomic mass is 9.82. The minimum atomic E-state index is -0.752. The van der Waals surface area contributed by atoms with Gasteiger partial charge in [0.05, 0.1) is 11.9 Å². The van der Waals surface area contributed by atoms with Crippen molar-refractivity contribution in [2.24, 2.45) is 17.6 Å². The van der Waals surface area contributed by atoms with Crippen LogP contribution in [-0.2, 0) is 15.5 Å². The van der Waals surface area contributed by atoms with E-state index in [2.05, 4.69) is 6.92 Å². The van der Waals surface area contributed by atoms with E-state index >= 15 is 0 Å². The number of nitrogens with two attached hydrogens (primary N) is 1. The Balaban J connectivity index is 1.90. The molecule has 17 heavy (non-hydrogen) atoms. The molecule has 0 radical (unpaired) electrons. The Morgan fingerprint density at radius 2 is 2.18 bits per heavy atom. The van der Waals surface area contributed by atoms with Gasteiger partial charge in [-0.25, -0.2) is 0 Å². The molecule has 1 aliphatic carbocycles. The fourth-order valence-corrected chi connectivity index (χ4v) is 5.16. The van der Waals surface area contributed by atoms with E-state index in [0.29, 0.717) is 23.6 Å². The maximum atomic E-state index is 12.4. The van der Waals surface area contributed by atoms with Gasteiger partial charge in [-0.15, -0.1) is 0 Å². The Hall–Kier alpha value is 0.0700. The highest BCUT2D eigenvalue weighted by Gasteiger charge is 2.33. The van der Waals surface area contributed by atoms with E-state index in [1.54, 1.807) is 0 Å². The first kappa shape index (κ1) is 13.5. The lowest BCUT2D eigenvalue weighted by molar-refractivity contribution is 0.127. The number of hydrogen-bond acceptors (Lipinski definition) is 3. The quantitative estimate of drug-likeness (QED) is 0.835. The van der Waals surface area contributed by atoms with Crippen LogP contribution in [0, 0.1) is 11.8 Å². The lowest BCUT2D eigenvalue weighted by Crippen LogP contribution is -2.39. The van der Waals surface area contributed by atoms with Gasteiger partial charge in [0.25, 0.3) is 0 Å². The molecule has 0 spiro atoms. The minimum absolute atomic E-state index is 0.242. The Morgan fingerprint density at radius 3 is 2.82 bits per heavy atom. The molecule has 0 amide bonds. The fraction of sp³-hybridized carbons (Fsp3) is 1.00. The van der Waals surface area contributed by atoms with Crippen LogP contribution in [0.4, 0.5) is 0 Å². The lowest BCUT2D eigenvalue weighted by Gasteiger charge is -2.34. The maximum Gasteiger partial charge on any atom is 0.0691 e. The van der Waals surface area contributed by atoms with Crippen molar-refractivity contribution >= 4 is 10.8 Å². The van der Waals surface area contributed by atoms with Crippen LogP contribution in [0.1, 0.15) is 39.0 Å². The van der Waals surface area contributed by atoms with Crippen molar-refractivity contribution in [1.29, 1.82) is 0 Å². The zero-order valence-electron chi connectivity index (χ0n) is 10.8. The van der Waals surface area contributed by atoms with Gasteiger partial charge in [-0.2, -0.15) is 0 Å². The molecule has 2 N–H and O–H groups in total. The predicted octanol–water partition coefficient (Wildman–Crippen LogP) is 1.68. The van der Waals surface area contributed by atoms with E-state index < -0.39 is 10.8 Å². The molecule has 4 heteroatoms. The van der Waals surface area contributed by atoms with Gasteiger partial charge in [0.15, 0.2) is 0 Å². The van der Waals surface area contributed by atoms with Gasteiger partial charge < -0.3 is 10.5 Å². The average molecular weight is 259 g/mol. The summed E-state index contributed by atoms with van der Waals surface area (Å²) in [6, 6.07) is 0. The topological polar surface area (TPSA) is 52.3 Å². The van der Waals surface area contributed by atoms with Crippen molar-refractivity contribution in [2.45, 2.75) is 50.4 Å².